The monoisotopic (exact) mass is 193 g/mol. The topological polar surface area (TPSA) is 61.6 Å². The highest BCUT2D eigenvalue weighted by molar-refractivity contribution is 5.53. The van der Waals surface area contributed by atoms with Crippen LogP contribution in [-0.4, -0.2) is 4.92 Å². The molecule has 0 saturated carbocycles. The van der Waals surface area contributed by atoms with E-state index in [-0.39, 0.29) is 0 Å². The van der Waals surface area contributed by atoms with Gasteiger partial charge < -0.3 is 4.89 Å². The van der Waals surface area contributed by atoms with Gasteiger partial charge in [0.15, 0.2) is 5.75 Å². The number of nitrogens with zero attached hydrogens (tertiary/aromatic N) is 1. The lowest BCUT2D eigenvalue weighted by Gasteiger charge is -1.95. The maximum absolute atomic E-state index is 10.1. The molecule has 72 valence electrons. The summed E-state index contributed by atoms with van der Waals surface area (Å²) < 4.78 is 0. The lowest BCUT2D eigenvalue weighted by atomic mass is 10.1. The van der Waals surface area contributed by atoms with Crippen molar-refractivity contribution >= 4 is 6.08 Å². The van der Waals surface area contributed by atoms with Gasteiger partial charge in [-0.25, -0.2) is 0 Å². The Morgan fingerprint density at radius 3 is 3.14 bits per heavy atom. The minimum Gasteiger partial charge on any atom is -0.337 e. The molecule has 0 radical (unpaired) electrons. The molecule has 0 bridgehead atoms. The molecule has 14 heavy (non-hydrogen) atoms. The number of fused-ring (bicyclic) bond motifs is 1. The molecular formula is C9H7NO4. The molecule has 1 aliphatic heterocycles. The first-order chi connectivity index (χ1) is 6.75. The van der Waals surface area contributed by atoms with Crippen LogP contribution in [0.5, 0.6) is 5.75 Å². The van der Waals surface area contributed by atoms with Crippen molar-refractivity contribution in [3.63, 3.8) is 0 Å². The van der Waals surface area contributed by atoms with Crippen molar-refractivity contribution in [2.24, 2.45) is 0 Å². The van der Waals surface area contributed by atoms with Crippen LogP contribution in [0.4, 0.5) is 0 Å². The standard InChI is InChI=1S/C9H7NO4/c11-10(12)4-3-7-1-2-8-6-13-14-9(8)5-7/h1-5H,6H2. The molecule has 5 heteroatoms. The summed E-state index contributed by atoms with van der Waals surface area (Å²) >= 11 is 0. The molecule has 0 aliphatic carbocycles. The van der Waals surface area contributed by atoms with E-state index in [1.54, 1.807) is 12.1 Å². The Kier molecular flexibility index (Phi) is 2.16. The third-order valence-corrected chi connectivity index (χ3v) is 1.84. The smallest absolute Gasteiger partial charge is 0.235 e. The Bertz CT molecular complexity index is 400. The predicted molar refractivity (Wildman–Crippen MR) is 47.9 cm³/mol. The van der Waals surface area contributed by atoms with Gasteiger partial charge in [0.1, 0.15) is 6.61 Å². The largest absolute Gasteiger partial charge is 0.337 e. The van der Waals surface area contributed by atoms with Gasteiger partial charge in [-0.2, -0.15) is 4.89 Å². The average molecular weight is 193 g/mol. The fourth-order valence-electron chi connectivity index (χ4n) is 1.17. The minimum absolute atomic E-state index is 0.425. The van der Waals surface area contributed by atoms with Crippen LogP contribution in [0.1, 0.15) is 11.1 Å². The van der Waals surface area contributed by atoms with Gasteiger partial charge in [0.25, 0.3) is 0 Å². The van der Waals surface area contributed by atoms with Crippen molar-refractivity contribution in [3.8, 4) is 5.75 Å². The van der Waals surface area contributed by atoms with Gasteiger partial charge >= 0.3 is 0 Å². The van der Waals surface area contributed by atoms with Gasteiger partial charge in [-0.1, -0.05) is 12.1 Å². The maximum Gasteiger partial charge on any atom is 0.235 e. The zero-order valence-electron chi connectivity index (χ0n) is 7.17. The summed E-state index contributed by atoms with van der Waals surface area (Å²) in [4.78, 5) is 19.1. The molecule has 2 rings (SSSR count). The number of nitro groups is 1. The van der Waals surface area contributed by atoms with E-state index in [4.69, 9.17) is 9.78 Å². The van der Waals surface area contributed by atoms with Gasteiger partial charge in [0.05, 0.1) is 4.92 Å². The van der Waals surface area contributed by atoms with Crippen LogP contribution in [0.25, 0.3) is 6.08 Å². The number of hydrogen-bond donors (Lipinski definition) is 0. The number of rotatable bonds is 2. The molecule has 0 atom stereocenters. The molecule has 5 nitrogen and oxygen atoms in total. The van der Waals surface area contributed by atoms with E-state index in [0.717, 1.165) is 11.8 Å². The molecule has 1 aromatic rings. The fraction of sp³-hybridized carbons (Fsp3) is 0.111. The van der Waals surface area contributed by atoms with Crippen LogP contribution in [0.3, 0.4) is 0 Å². The third kappa shape index (κ3) is 1.72. The van der Waals surface area contributed by atoms with Crippen molar-refractivity contribution in [2.45, 2.75) is 6.61 Å². The zero-order chi connectivity index (χ0) is 9.97. The van der Waals surface area contributed by atoms with Crippen LogP contribution >= 0.6 is 0 Å². The summed E-state index contributed by atoms with van der Waals surface area (Å²) in [6, 6.07) is 5.29. The first-order valence-electron chi connectivity index (χ1n) is 4.00. The van der Waals surface area contributed by atoms with Crippen molar-refractivity contribution in [1.82, 2.24) is 0 Å². The molecule has 0 spiro atoms. The second-order valence-electron chi connectivity index (χ2n) is 2.81. The molecule has 1 aromatic carbocycles. The molecule has 0 fully saturated rings. The van der Waals surface area contributed by atoms with Crippen molar-refractivity contribution in [1.29, 1.82) is 0 Å². The molecule has 1 aliphatic rings. The Hall–Kier alpha value is -1.88. The van der Waals surface area contributed by atoms with Gasteiger partial charge in [0.2, 0.25) is 6.20 Å². The van der Waals surface area contributed by atoms with Crippen LogP contribution in [0.2, 0.25) is 0 Å². The van der Waals surface area contributed by atoms with E-state index < -0.39 is 4.92 Å². The summed E-state index contributed by atoms with van der Waals surface area (Å²) in [7, 11) is 0. The van der Waals surface area contributed by atoms with E-state index in [1.807, 2.05) is 6.07 Å². The lowest BCUT2D eigenvalue weighted by molar-refractivity contribution is -0.400. The molecule has 0 aromatic heterocycles. The first kappa shape index (κ1) is 8.71. The molecule has 1 heterocycles. The van der Waals surface area contributed by atoms with Crippen LogP contribution in [-0.2, 0) is 11.5 Å². The fourth-order valence-corrected chi connectivity index (χ4v) is 1.17. The molecule has 0 unspecified atom stereocenters. The highest BCUT2D eigenvalue weighted by atomic mass is 17.2. The summed E-state index contributed by atoms with van der Waals surface area (Å²) in [6.07, 6.45) is 2.29. The molecule has 0 N–H and O–H groups in total. The molecule has 0 amide bonds. The number of hydrogen-bond acceptors (Lipinski definition) is 4. The summed E-state index contributed by atoms with van der Waals surface area (Å²) in [5.41, 5.74) is 1.66. The number of benzene rings is 1. The molecule has 0 saturated heterocycles. The van der Waals surface area contributed by atoms with E-state index in [1.165, 1.54) is 6.08 Å². The Labute approximate surface area is 79.6 Å². The Morgan fingerprint density at radius 2 is 2.36 bits per heavy atom. The highest BCUT2D eigenvalue weighted by Gasteiger charge is 2.12. The average Bonchev–Trinajstić information content (AvgIpc) is 2.61. The minimum atomic E-state index is -0.509. The van der Waals surface area contributed by atoms with Crippen LogP contribution < -0.4 is 4.89 Å². The van der Waals surface area contributed by atoms with E-state index >= 15 is 0 Å². The third-order valence-electron chi connectivity index (χ3n) is 1.84. The second-order valence-corrected chi connectivity index (χ2v) is 2.81. The van der Waals surface area contributed by atoms with Gasteiger partial charge in [-0.3, -0.25) is 10.1 Å². The van der Waals surface area contributed by atoms with Gasteiger partial charge in [-0.15, -0.1) is 0 Å². The SMILES string of the molecule is O=[N+]([O-])C=Cc1ccc2c(c1)OOC2. The van der Waals surface area contributed by atoms with Gasteiger partial charge in [-0.05, 0) is 11.6 Å². The van der Waals surface area contributed by atoms with E-state index in [2.05, 4.69) is 0 Å². The van der Waals surface area contributed by atoms with Crippen molar-refractivity contribution in [2.75, 3.05) is 0 Å². The maximum atomic E-state index is 10.1. The summed E-state index contributed by atoms with van der Waals surface area (Å²) in [5.74, 6) is 0.621. The first-order valence-corrected chi connectivity index (χ1v) is 4.00. The van der Waals surface area contributed by atoms with Crippen LogP contribution in [0.15, 0.2) is 24.4 Å². The predicted octanol–water partition coefficient (Wildman–Crippen LogP) is 1.76. The summed E-state index contributed by atoms with van der Waals surface area (Å²) in [5, 5.41) is 10.1. The summed E-state index contributed by atoms with van der Waals surface area (Å²) in [6.45, 7) is 0.425. The normalized spacial score (nSPS) is 14.0. The van der Waals surface area contributed by atoms with Crippen molar-refractivity contribution in [3.05, 3.63) is 45.6 Å². The van der Waals surface area contributed by atoms with E-state index in [9.17, 15) is 10.1 Å². The highest BCUT2D eigenvalue weighted by Crippen LogP contribution is 2.27. The van der Waals surface area contributed by atoms with Gasteiger partial charge in [0, 0.05) is 11.6 Å². The molecular weight excluding hydrogens is 186 g/mol. The Morgan fingerprint density at radius 1 is 1.50 bits per heavy atom. The zero-order valence-corrected chi connectivity index (χ0v) is 7.17. The Balaban J connectivity index is 2.25. The second kappa shape index (κ2) is 3.47. The lowest BCUT2D eigenvalue weighted by Crippen LogP contribution is -1.84. The van der Waals surface area contributed by atoms with Crippen molar-refractivity contribution < 1.29 is 14.7 Å². The quantitative estimate of drug-likeness (QED) is 0.408. The van der Waals surface area contributed by atoms with Crippen LogP contribution in [0, 0.1) is 10.1 Å². The van der Waals surface area contributed by atoms with E-state index in [0.29, 0.717) is 17.9 Å².